The lowest BCUT2D eigenvalue weighted by Crippen LogP contribution is -2.21. The molecule has 1 aromatic rings. The smallest absolute Gasteiger partial charge is 0.123 e. The number of hydrogen-bond donors (Lipinski definition) is 3. The minimum absolute atomic E-state index is 0.0181. The van der Waals surface area contributed by atoms with E-state index in [1.807, 2.05) is 0 Å². The third-order valence-electron chi connectivity index (χ3n) is 1.70. The molecule has 0 bridgehead atoms. The van der Waals surface area contributed by atoms with Crippen molar-refractivity contribution in [3.8, 4) is 5.75 Å². The first-order chi connectivity index (χ1) is 6.06. The van der Waals surface area contributed by atoms with Crippen LogP contribution in [0.15, 0.2) is 12.1 Å². The number of halogens is 2. The Labute approximate surface area is 86.2 Å². The molecule has 0 radical (unpaired) electrons. The predicted molar refractivity (Wildman–Crippen MR) is 54.1 cm³/mol. The van der Waals surface area contributed by atoms with Crippen LogP contribution in [0.4, 0.5) is 0 Å². The van der Waals surface area contributed by atoms with Gasteiger partial charge in [0.1, 0.15) is 5.75 Å². The number of phenolic OH excluding ortho intramolecular Hbond substituents is 1. The molecule has 3 nitrogen and oxygen atoms in total. The first-order valence-corrected chi connectivity index (χ1v) is 4.45. The Balaban J connectivity index is 3.20. The molecule has 5 heteroatoms. The van der Waals surface area contributed by atoms with Crippen molar-refractivity contribution in [2.24, 2.45) is 11.5 Å². The SMILES string of the molecule is NC[C@@H](N)c1c(O)cc(Cl)cc1Cl. The summed E-state index contributed by atoms with van der Waals surface area (Å²) >= 11 is 11.5. The van der Waals surface area contributed by atoms with Crippen LogP contribution in [0.1, 0.15) is 11.6 Å². The Hall–Kier alpha value is -0.480. The van der Waals surface area contributed by atoms with E-state index in [-0.39, 0.29) is 12.3 Å². The van der Waals surface area contributed by atoms with Crippen molar-refractivity contribution in [1.29, 1.82) is 0 Å². The molecule has 0 aliphatic rings. The van der Waals surface area contributed by atoms with Crippen molar-refractivity contribution in [2.75, 3.05) is 6.54 Å². The van der Waals surface area contributed by atoms with Gasteiger partial charge in [0.15, 0.2) is 0 Å². The van der Waals surface area contributed by atoms with Crippen LogP contribution in [-0.4, -0.2) is 11.7 Å². The quantitative estimate of drug-likeness (QED) is 0.710. The zero-order valence-corrected chi connectivity index (χ0v) is 8.31. The van der Waals surface area contributed by atoms with Crippen LogP contribution in [0.3, 0.4) is 0 Å². The van der Waals surface area contributed by atoms with E-state index in [0.29, 0.717) is 15.6 Å². The Bertz CT molecular complexity index is 294. The zero-order valence-electron chi connectivity index (χ0n) is 6.80. The van der Waals surface area contributed by atoms with Gasteiger partial charge >= 0.3 is 0 Å². The number of aromatic hydroxyl groups is 1. The van der Waals surface area contributed by atoms with Gasteiger partial charge in [0, 0.05) is 23.2 Å². The van der Waals surface area contributed by atoms with Gasteiger partial charge in [-0.25, -0.2) is 0 Å². The molecule has 1 atom stereocenters. The van der Waals surface area contributed by atoms with Crippen LogP contribution < -0.4 is 11.5 Å². The molecule has 0 aromatic heterocycles. The molecule has 0 aliphatic carbocycles. The predicted octanol–water partition coefficient (Wildman–Crippen LogP) is 1.66. The lowest BCUT2D eigenvalue weighted by Gasteiger charge is -2.13. The molecule has 0 fully saturated rings. The molecule has 5 N–H and O–H groups in total. The van der Waals surface area contributed by atoms with Crippen LogP contribution in [0.5, 0.6) is 5.75 Å². The molecule has 0 heterocycles. The zero-order chi connectivity index (χ0) is 10.0. The highest BCUT2D eigenvalue weighted by atomic mass is 35.5. The lowest BCUT2D eigenvalue weighted by molar-refractivity contribution is 0.462. The Kier molecular flexibility index (Phi) is 3.39. The first-order valence-electron chi connectivity index (χ1n) is 3.69. The molecule has 0 spiro atoms. The van der Waals surface area contributed by atoms with Crippen molar-refractivity contribution in [3.63, 3.8) is 0 Å². The van der Waals surface area contributed by atoms with Crippen molar-refractivity contribution in [3.05, 3.63) is 27.7 Å². The largest absolute Gasteiger partial charge is 0.507 e. The van der Waals surface area contributed by atoms with Gasteiger partial charge in [-0.3, -0.25) is 0 Å². The van der Waals surface area contributed by atoms with Gasteiger partial charge in [-0.1, -0.05) is 23.2 Å². The van der Waals surface area contributed by atoms with Crippen LogP contribution in [0.25, 0.3) is 0 Å². The summed E-state index contributed by atoms with van der Waals surface area (Å²) in [4.78, 5) is 0. The van der Waals surface area contributed by atoms with Gasteiger partial charge in [-0.15, -0.1) is 0 Å². The number of rotatable bonds is 2. The van der Waals surface area contributed by atoms with Crippen LogP contribution >= 0.6 is 23.2 Å². The summed E-state index contributed by atoms with van der Waals surface area (Å²) in [6, 6.07) is 2.44. The molecule has 0 saturated heterocycles. The molecule has 72 valence electrons. The van der Waals surface area contributed by atoms with Crippen LogP contribution in [0.2, 0.25) is 10.0 Å². The van der Waals surface area contributed by atoms with E-state index in [1.54, 1.807) is 0 Å². The third-order valence-corrected chi connectivity index (χ3v) is 2.23. The average Bonchev–Trinajstić information content (AvgIpc) is 2.02. The average molecular weight is 221 g/mol. The Morgan fingerprint density at radius 1 is 1.38 bits per heavy atom. The van der Waals surface area contributed by atoms with Gasteiger partial charge < -0.3 is 16.6 Å². The lowest BCUT2D eigenvalue weighted by atomic mass is 10.1. The standard InChI is InChI=1S/C8H10Cl2N2O/c9-4-1-5(10)8(6(12)3-11)7(13)2-4/h1-2,6,13H,3,11-12H2/t6-/m1/s1. The topological polar surface area (TPSA) is 72.3 Å². The van der Waals surface area contributed by atoms with Crippen molar-refractivity contribution < 1.29 is 5.11 Å². The van der Waals surface area contributed by atoms with Gasteiger partial charge in [-0.2, -0.15) is 0 Å². The number of benzene rings is 1. The highest BCUT2D eigenvalue weighted by Crippen LogP contribution is 2.33. The maximum absolute atomic E-state index is 9.47. The van der Waals surface area contributed by atoms with Gasteiger partial charge in [0.25, 0.3) is 0 Å². The summed E-state index contributed by atoms with van der Waals surface area (Å²) in [6.45, 7) is 0.217. The number of phenols is 1. The maximum Gasteiger partial charge on any atom is 0.123 e. The van der Waals surface area contributed by atoms with E-state index >= 15 is 0 Å². The number of hydrogen-bond acceptors (Lipinski definition) is 3. The van der Waals surface area contributed by atoms with E-state index in [0.717, 1.165) is 0 Å². The second kappa shape index (κ2) is 4.15. The maximum atomic E-state index is 9.47. The van der Waals surface area contributed by atoms with E-state index in [2.05, 4.69) is 0 Å². The molecule has 1 aromatic carbocycles. The van der Waals surface area contributed by atoms with Crippen molar-refractivity contribution >= 4 is 23.2 Å². The monoisotopic (exact) mass is 220 g/mol. The number of nitrogens with two attached hydrogens (primary N) is 2. The van der Waals surface area contributed by atoms with Crippen LogP contribution in [-0.2, 0) is 0 Å². The van der Waals surface area contributed by atoms with Gasteiger partial charge in [0.2, 0.25) is 0 Å². The van der Waals surface area contributed by atoms with Crippen LogP contribution in [0, 0.1) is 0 Å². The minimum atomic E-state index is -0.468. The summed E-state index contributed by atoms with van der Waals surface area (Å²) in [7, 11) is 0. The molecule has 0 saturated carbocycles. The fraction of sp³-hybridized carbons (Fsp3) is 0.250. The molecular weight excluding hydrogens is 211 g/mol. The van der Waals surface area contributed by atoms with Crippen molar-refractivity contribution in [2.45, 2.75) is 6.04 Å². The van der Waals surface area contributed by atoms with E-state index in [1.165, 1.54) is 12.1 Å². The van der Waals surface area contributed by atoms with E-state index in [4.69, 9.17) is 34.7 Å². The molecule has 13 heavy (non-hydrogen) atoms. The summed E-state index contributed by atoms with van der Waals surface area (Å²) in [5.41, 5.74) is 11.4. The molecule has 0 unspecified atom stereocenters. The van der Waals surface area contributed by atoms with Crippen molar-refractivity contribution in [1.82, 2.24) is 0 Å². The fourth-order valence-electron chi connectivity index (χ4n) is 1.06. The fourth-order valence-corrected chi connectivity index (χ4v) is 1.68. The van der Waals surface area contributed by atoms with Gasteiger partial charge in [0.05, 0.1) is 5.02 Å². The molecular formula is C8H10Cl2N2O. The summed E-state index contributed by atoms with van der Waals surface area (Å²) < 4.78 is 0. The third kappa shape index (κ3) is 2.25. The van der Waals surface area contributed by atoms with Gasteiger partial charge in [-0.05, 0) is 12.1 Å². The highest BCUT2D eigenvalue weighted by molar-refractivity contribution is 6.35. The molecule has 1 rings (SSSR count). The summed E-state index contributed by atoms with van der Waals surface area (Å²) in [5, 5.41) is 10.2. The second-order valence-corrected chi connectivity index (χ2v) is 3.51. The Morgan fingerprint density at radius 3 is 2.46 bits per heavy atom. The summed E-state index contributed by atoms with van der Waals surface area (Å²) in [6.07, 6.45) is 0. The molecule has 0 aliphatic heterocycles. The Morgan fingerprint density at radius 2 is 2.00 bits per heavy atom. The molecule has 0 amide bonds. The van der Waals surface area contributed by atoms with E-state index in [9.17, 15) is 5.11 Å². The second-order valence-electron chi connectivity index (χ2n) is 2.66. The van der Waals surface area contributed by atoms with E-state index < -0.39 is 6.04 Å². The first kappa shape index (κ1) is 10.6. The normalized spacial score (nSPS) is 12.9. The summed E-state index contributed by atoms with van der Waals surface area (Å²) in [5.74, 6) is -0.0181. The highest BCUT2D eigenvalue weighted by Gasteiger charge is 2.14. The minimum Gasteiger partial charge on any atom is -0.507 e.